The highest BCUT2D eigenvalue weighted by Gasteiger charge is 2.38. The van der Waals surface area contributed by atoms with Crippen molar-refractivity contribution in [3.8, 4) is 17.2 Å². The standard InChI is InChI=1S/C21H17ClN2O5S/c1-23-20-19(30-21(23)26)14(9-17(25)24(20)13-5-3-4-12(22)8-13)11-6-15(27-2)18-16(7-11)28-10-29-18/h3-8,14H,9-10H2,1-2H3/t14-/m1/s1. The zero-order valence-corrected chi connectivity index (χ0v) is 17.7. The molecule has 0 fully saturated rings. The molecule has 0 aliphatic carbocycles. The van der Waals surface area contributed by atoms with Crippen molar-refractivity contribution in [1.82, 2.24) is 4.57 Å². The third-order valence-corrected chi connectivity index (χ3v) is 6.69. The van der Waals surface area contributed by atoms with Gasteiger partial charge in [-0.25, -0.2) is 0 Å². The minimum atomic E-state index is -0.301. The number of ether oxygens (including phenoxy) is 3. The van der Waals surface area contributed by atoms with Crippen molar-refractivity contribution in [1.29, 1.82) is 0 Å². The van der Waals surface area contributed by atoms with E-state index in [1.807, 2.05) is 12.1 Å². The Labute approximate surface area is 181 Å². The number of methoxy groups -OCH3 is 1. The highest BCUT2D eigenvalue weighted by molar-refractivity contribution is 7.10. The number of benzene rings is 2. The van der Waals surface area contributed by atoms with Crippen molar-refractivity contribution in [2.45, 2.75) is 12.3 Å². The van der Waals surface area contributed by atoms with E-state index >= 15 is 0 Å². The van der Waals surface area contributed by atoms with Crippen molar-refractivity contribution < 1.29 is 19.0 Å². The lowest BCUT2D eigenvalue weighted by molar-refractivity contribution is -0.118. The number of halogens is 1. The molecule has 7 nitrogen and oxygen atoms in total. The fraction of sp³-hybridized carbons (Fsp3) is 0.238. The summed E-state index contributed by atoms with van der Waals surface area (Å²) in [5, 5.41) is 0.518. The van der Waals surface area contributed by atoms with Crippen LogP contribution in [0.3, 0.4) is 0 Å². The fourth-order valence-electron chi connectivity index (χ4n) is 3.93. The average molecular weight is 445 g/mol. The van der Waals surface area contributed by atoms with Crippen molar-refractivity contribution in [2.75, 3.05) is 18.8 Å². The van der Waals surface area contributed by atoms with Crippen molar-refractivity contribution in [3.63, 3.8) is 0 Å². The second-order valence-corrected chi connectivity index (χ2v) is 8.47. The van der Waals surface area contributed by atoms with Gasteiger partial charge in [-0.15, -0.1) is 0 Å². The molecule has 2 aliphatic rings. The molecule has 0 radical (unpaired) electrons. The Morgan fingerprint density at radius 2 is 2.03 bits per heavy atom. The smallest absolute Gasteiger partial charge is 0.308 e. The van der Waals surface area contributed by atoms with E-state index in [0.717, 1.165) is 21.8 Å². The maximum absolute atomic E-state index is 13.3. The first-order valence-corrected chi connectivity index (χ1v) is 10.4. The molecule has 154 valence electrons. The van der Waals surface area contributed by atoms with E-state index in [1.165, 1.54) is 4.57 Å². The quantitative estimate of drug-likeness (QED) is 0.609. The molecule has 2 aliphatic heterocycles. The Morgan fingerprint density at radius 3 is 2.80 bits per heavy atom. The number of hydrogen-bond acceptors (Lipinski definition) is 6. The molecule has 2 aromatic carbocycles. The minimum Gasteiger partial charge on any atom is -0.493 e. The average Bonchev–Trinajstić information content (AvgIpc) is 3.32. The Morgan fingerprint density at radius 1 is 1.20 bits per heavy atom. The monoisotopic (exact) mass is 444 g/mol. The largest absolute Gasteiger partial charge is 0.493 e. The summed E-state index contributed by atoms with van der Waals surface area (Å²) < 4.78 is 18.0. The maximum atomic E-state index is 13.3. The van der Waals surface area contributed by atoms with E-state index in [1.54, 1.807) is 43.3 Å². The van der Waals surface area contributed by atoms with Crippen LogP contribution in [0, 0.1) is 0 Å². The van der Waals surface area contributed by atoms with Gasteiger partial charge in [0.25, 0.3) is 0 Å². The molecule has 9 heteroatoms. The predicted molar refractivity (Wildman–Crippen MR) is 114 cm³/mol. The lowest BCUT2D eigenvalue weighted by atomic mass is 9.90. The van der Waals surface area contributed by atoms with Crippen LogP contribution in [0.25, 0.3) is 0 Å². The van der Waals surface area contributed by atoms with E-state index < -0.39 is 0 Å². The fourth-order valence-corrected chi connectivity index (χ4v) is 5.20. The van der Waals surface area contributed by atoms with Gasteiger partial charge in [-0.2, -0.15) is 0 Å². The lowest BCUT2D eigenvalue weighted by Crippen LogP contribution is -2.34. The second-order valence-electron chi connectivity index (χ2n) is 7.04. The van der Waals surface area contributed by atoms with E-state index in [9.17, 15) is 9.59 Å². The normalized spacial score (nSPS) is 17.2. The zero-order valence-electron chi connectivity index (χ0n) is 16.2. The number of nitrogens with zero attached hydrogens (tertiary/aromatic N) is 2. The Bertz CT molecular complexity index is 1230. The van der Waals surface area contributed by atoms with Crippen LogP contribution < -0.4 is 24.0 Å². The van der Waals surface area contributed by atoms with Gasteiger partial charge in [-0.05, 0) is 35.9 Å². The molecule has 0 N–H and O–H groups in total. The van der Waals surface area contributed by atoms with Crippen LogP contribution in [0.4, 0.5) is 11.5 Å². The van der Waals surface area contributed by atoms with Crippen LogP contribution in [0.5, 0.6) is 17.2 Å². The molecular weight excluding hydrogens is 428 g/mol. The van der Waals surface area contributed by atoms with Crippen LogP contribution in [-0.2, 0) is 11.8 Å². The van der Waals surface area contributed by atoms with Crippen LogP contribution in [-0.4, -0.2) is 24.4 Å². The summed E-state index contributed by atoms with van der Waals surface area (Å²) in [4.78, 5) is 28.1. The summed E-state index contributed by atoms with van der Waals surface area (Å²) in [6.07, 6.45) is 0.197. The lowest BCUT2D eigenvalue weighted by Gasteiger charge is -2.32. The van der Waals surface area contributed by atoms with Crippen LogP contribution in [0.1, 0.15) is 22.8 Å². The van der Waals surface area contributed by atoms with Gasteiger partial charge in [0, 0.05) is 24.4 Å². The number of fused-ring (bicyclic) bond motifs is 2. The molecular formula is C21H17ClN2O5S. The van der Waals surface area contributed by atoms with E-state index in [2.05, 4.69) is 0 Å². The van der Waals surface area contributed by atoms with Crippen LogP contribution in [0.2, 0.25) is 5.02 Å². The topological polar surface area (TPSA) is 70.0 Å². The third kappa shape index (κ3) is 2.86. The Balaban J connectivity index is 1.68. The molecule has 0 spiro atoms. The first kappa shape index (κ1) is 19.0. The number of rotatable bonds is 3. The molecule has 1 amide bonds. The summed E-state index contributed by atoms with van der Waals surface area (Å²) in [5.74, 6) is 1.79. The molecule has 3 heterocycles. The SMILES string of the molecule is COc1cc([C@H]2CC(=O)N(c3cccc(Cl)c3)c3c2sc(=O)n3C)cc2c1OCO2. The number of hydrogen-bond donors (Lipinski definition) is 0. The number of aromatic nitrogens is 1. The molecule has 30 heavy (non-hydrogen) atoms. The number of carbonyl (C=O) groups excluding carboxylic acids is 1. The van der Waals surface area contributed by atoms with Gasteiger partial charge in [0.05, 0.1) is 17.7 Å². The number of carbonyl (C=O) groups is 1. The number of thiazole rings is 1. The predicted octanol–water partition coefficient (Wildman–Crippen LogP) is 4.04. The maximum Gasteiger partial charge on any atom is 0.308 e. The molecule has 1 atom stereocenters. The molecule has 0 saturated heterocycles. The van der Waals surface area contributed by atoms with Gasteiger partial charge in [0.1, 0.15) is 5.82 Å². The first-order chi connectivity index (χ1) is 14.5. The third-order valence-electron chi connectivity index (χ3n) is 5.32. The molecule has 0 unspecified atom stereocenters. The van der Waals surface area contributed by atoms with Crippen molar-refractivity contribution >= 4 is 40.4 Å². The minimum absolute atomic E-state index is 0.116. The second kappa shape index (κ2) is 7.07. The summed E-state index contributed by atoms with van der Waals surface area (Å²) >= 11 is 7.29. The molecule has 0 bridgehead atoms. The van der Waals surface area contributed by atoms with Gasteiger partial charge in [0.2, 0.25) is 18.4 Å². The molecule has 1 aromatic heterocycles. The Kier molecular flexibility index (Phi) is 4.48. The highest BCUT2D eigenvalue weighted by Crippen LogP contribution is 2.49. The summed E-state index contributed by atoms with van der Waals surface area (Å²) in [5.41, 5.74) is 1.46. The van der Waals surface area contributed by atoms with Gasteiger partial charge in [-0.3, -0.25) is 19.1 Å². The van der Waals surface area contributed by atoms with E-state index in [0.29, 0.717) is 33.8 Å². The van der Waals surface area contributed by atoms with Gasteiger partial charge < -0.3 is 14.2 Å². The first-order valence-electron chi connectivity index (χ1n) is 9.23. The van der Waals surface area contributed by atoms with Gasteiger partial charge >= 0.3 is 4.87 Å². The number of amides is 1. The molecule has 5 rings (SSSR count). The van der Waals surface area contributed by atoms with E-state index in [-0.39, 0.29) is 29.9 Å². The van der Waals surface area contributed by atoms with Gasteiger partial charge in [-0.1, -0.05) is 29.0 Å². The van der Waals surface area contributed by atoms with Crippen LogP contribution >= 0.6 is 22.9 Å². The number of anilines is 2. The summed E-state index contributed by atoms with van der Waals surface area (Å²) in [6, 6.07) is 10.7. The van der Waals surface area contributed by atoms with Crippen molar-refractivity contribution in [3.05, 3.63) is 61.5 Å². The Hall–Kier alpha value is -2.97. The zero-order chi connectivity index (χ0) is 21.0. The van der Waals surface area contributed by atoms with Crippen molar-refractivity contribution in [2.24, 2.45) is 7.05 Å². The summed E-state index contributed by atoms with van der Waals surface area (Å²) in [6.45, 7) is 0.116. The van der Waals surface area contributed by atoms with Crippen LogP contribution in [0.15, 0.2) is 41.2 Å². The summed E-state index contributed by atoms with van der Waals surface area (Å²) in [7, 11) is 3.23. The van der Waals surface area contributed by atoms with E-state index in [4.69, 9.17) is 25.8 Å². The molecule has 0 saturated carbocycles. The van der Waals surface area contributed by atoms with Gasteiger partial charge in [0.15, 0.2) is 11.5 Å². The highest BCUT2D eigenvalue weighted by atomic mass is 35.5. The molecule has 3 aromatic rings.